The van der Waals surface area contributed by atoms with Crippen LogP contribution in [-0.2, 0) is 16.6 Å². The Morgan fingerprint density at radius 2 is 1.67 bits per heavy atom. The molecule has 0 aliphatic carbocycles. The van der Waals surface area contributed by atoms with Gasteiger partial charge in [-0.2, -0.15) is 4.39 Å². The van der Waals surface area contributed by atoms with Crippen LogP contribution in [0.4, 0.5) is 19.0 Å². The summed E-state index contributed by atoms with van der Waals surface area (Å²) in [6, 6.07) is 9.79. The van der Waals surface area contributed by atoms with E-state index in [4.69, 9.17) is 11.6 Å². The van der Waals surface area contributed by atoms with E-state index < -0.39 is 37.5 Å². The standard InChI is InChI=1S/C21H18ClF3N2O2S/c1-12-7-8-15(9-13(12)2)11-27(18-6-4-5-17(24)26-18)30(28,29)21-14(3)10-16(23)19(22)20(21)25/h4-10H,11H2,1-3H3. The molecule has 0 saturated carbocycles. The van der Waals surface area contributed by atoms with Gasteiger partial charge in [0.1, 0.15) is 21.6 Å². The molecule has 0 radical (unpaired) electrons. The predicted octanol–water partition coefficient (Wildman–Crippen LogP) is 5.47. The van der Waals surface area contributed by atoms with Gasteiger partial charge in [0.25, 0.3) is 10.0 Å². The van der Waals surface area contributed by atoms with Gasteiger partial charge >= 0.3 is 0 Å². The Balaban J connectivity index is 2.21. The molecule has 0 atom stereocenters. The summed E-state index contributed by atoms with van der Waals surface area (Å²) in [6.45, 7) is 4.78. The highest BCUT2D eigenvalue weighted by Crippen LogP contribution is 2.33. The Morgan fingerprint density at radius 1 is 0.967 bits per heavy atom. The second kappa shape index (κ2) is 8.28. The van der Waals surface area contributed by atoms with Crippen LogP contribution >= 0.6 is 11.6 Å². The fourth-order valence-electron chi connectivity index (χ4n) is 3.02. The van der Waals surface area contributed by atoms with Crippen LogP contribution in [0.25, 0.3) is 0 Å². The molecule has 0 spiro atoms. The van der Waals surface area contributed by atoms with Gasteiger partial charge in [-0.25, -0.2) is 26.5 Å². The summed E-state index contributed by atoms with van der Waals surface area (Å²) in [6.07, 6.45) is 0. The molecule has 0 N–H and O–H groups in total. The van der Waals surface area contributed by atoms with E-state index in [0.717, 1.165) is 27.6 Å². The van der Waals surface area contributed by atoms with Gasteiger partial charge < -0.3 is 0 Å². The number of anilines is 1. The van der Waals surface area contributed by atoms with Crippen LogP contribution < -0.4 is 4.31 Å². The summed E-state index contributed by atoms with van der Waals surface area (Å²) in [5, 5.41) is -0.933. The number of rotatable bonds is 5. The zero-order chi connectivity index (χ0) is 22.2. The quantitative estimate of drug-likeness (QED) is 0.379. The normalized spacial score (nSPS) is 11.6. The topological polar surface area (TPSA) is 50.3 Å². The molecular formula is C21H18ClF3N2O2S. The van der Waals surface area contributed by atoms with Gasteiger partial charge in [-0.3, -0.25) is 0 Å². The van der Waals surface area contributed by atoms with E-state index in [0.29, 0.717) is 5.56 Å². The van der Waals surface area contributed by atoms with Crippen LogP contribution in [0.2, 0.25) is 5.02 Å². The first kappa shape index (κ1) is 22.1. The Bertz CT molecular complexity index is 1230. The summed E-state index contributed by atoms with van der Waals surface area (Å²) in [4.78, 5) is 2.86. The van der Waals surface area contributed by atoms with Crippen molar-refractivity contribution in [3.63, 3.8) is 0 Å². The largest absolute Gasteiger partial charge is 0.269 e. The van der Waals surface area contributed by atoms with Gasteiger partial charge in [0.05, 0.1) is 6.54 Å². The smallest absolute Gasteiger partial charge is 0.245 e. The molecule has 1 aromatic heterocycles. The maximum absolute atomic E-state index is 14.8. The molecule has 0 aliphatic heterocycles. The number of nitrogens with zero attached hydrogens (tertiary/aromatic N) is 2. The molecule has 1 heterocycles. The van der Waals surface area contributed by atoms with Crippen molar-refractivity contribution in [2.24, 2.45) is 0 Å². The number of hydrogen-bond donors (Lipinski definition) is 0. The summed E-state index contributed by atoms with van der Waals surface area (Å²) < 4.78 is 70.0. The lowest BCUT2D eigenvalue weighted by molar-refractivity contribution is 0.543. The van der Waals surface area contributed by atoms with Crippen molar-refractivity contribution in [3.05, 3.63) is 87.3 Å². The summed E-state index contributed by atoms with van der Waals surface area (Å²) >= 11 is 5.63. The highest BCUT2D eigenvalue weighted by atomic mass is 35.5. The van der Waals surface area contributed by atoms with Gasteiger partial charge in [0, 0.05) is 0 Å². The molecule has 0 fully saturated rings. The number of aryl methyl sites for hydroxylation is 3. The van der Waals surface area contributed by atoms with Crippen LogP contribution in [0.15, 0.2) is 47.4 Å². The van der Waals surface area contributed by atoms with E-state index in [1.54, 1.807) is 12.1 Å². The van der Waals surface area contributed by atoms with Gasteiger partial charge in [-0.1, -0.05) is 35.9 Å². The maximum atomic E-state index is 14.8. The van der Waals surface area contributed by atoms with Crippen molar-refractivity contribution >= 4 is 27.4 Å². The molecule has 4 nitrogen and oxygen atoms in total. The van der Waals surface area contributed by atoms with E-state index in [1.165, 1.54) is 19.1 Å². The van der Waals surface area contributed by atoms with Crippen molar-refractivity contribution in [1.29, 1.82) is 0 Å². The second-order valence-corrected chi connectivity index (χ2v) is 9.06. The average molecular weight is 455 g/mol. The lowest BCUT2D eigenvalue weighted by Crippen LogP contribution is -2.33. The Kier molecular flexibility index (Phi) is 6.10. The number of pyridine rings is 1. The summed E-state index contributed by atoms with van der Waals surface area (Å²) in [7, 11) is -4.61. The first-order valence-electron chi connectivity index (χ1n) is 8.88. The molecule has 0 unspecified atom stereocenters. The molecular weight excluding hydrogens is 437 g/mol. The minimum Gasteiger partial charge on any atom is -0.245 e. The second-order valence-electron chi connectivity index (χ2n) is 6.88. The van der Waals surface area contributed by atoms with E-state index in [2.05, 4.69) is 4.98 Å². The van der Waals surface area contributed by atoms with Crippen molar-refractivity contribution < 1.29 is 21.6 Å². The first-order chi connectivity index (χ1) is 14.0. The van der Waals surface area contributed by atoms with Crippen molar-refractivity contribution in [2.45, 2.75) is 32.2 Å². The van der Waals surface area contributed by atoms with Crippen LogP contribution in [0.3, 0.4) is 0 Å². The third kappa shape index (κ3) is 4.15. The zero-order valence-electron chi connectivity index (χ0n) is 16.4. The van der Waals surface area contributed by atoms with Gasteiger partial charge in [0.15, 0.2) is 5.82 Å². The molecule has 0 saturated heterocycles. The molecule has 30 heavy (non-hydrogen) atoms. The van der Waals surface area contributed by atoms with E-state index in [1.807, 2.05) is 19.9 Å². The van der Waals surface area contributed by atoms with Crippen LogP contribution in [0.5, 0.6) is 0 Å². The van der Waals surface area contributed by atoms with E-state index in [-0.39, 0.29) is 17.9 Å². The minimum atomic E-state index is -4.61. The Labute approximate surface area is 178 Å². The van der Waals surface area contributed by atoms with Crippen molar-refractivity contribution in [1.82, 2.24) is 4.98 Å². The molecule has 9 heteroatoms. The number of sulfonamides is 1. The van der Waals surface area contributed by atoms with Crippen LogP contribution in [0, 0.1) is 38.4 Å². The number of hydrogen-bond acceptors (Lipinski definition) is 3. The number of halogens is 4. The maximum Gasteiger partial charge on any atom is 0.269 e. The van der Waals surface area contributed by atoms with Crippen LogP contribution in [-0.4, -0.2) is 13.4 Å². The Morgan fingerprint density at radius 3 is 2.30 bits per heavy atom. The van der Waals surface area contributed by atoms with Crippen molar-refractivity contribution in [2.75, 3.05) is 4.31 Å². The fraction of sp³-hybridized carbons (Fsp3) is 0.190. The van der Waals surface area contributed by atoms with Crippen LogP contribution in [0.1, 0.15) is 22.3 Å². The lowest BCUT2D eigenvalue weighted by Gasteiger charge is -2.25. The molecule has 158 valence electrons. The average Bonchev–Trinajstić information content (AvgIpc) is 2.66. The highest BCUT2D eigenvalue weighted by molar-refractivity contribution is 7.92. The first-order valence-corrected chi connectivity index (χ1v) is 10.7. The molecule has 3 aromatic rings. The minimum absolute atomic E-state index is 0.170. The molecule has 3 rings (SSSR count). The van der Waals surface area contributed by atoms with Gasteiger partial charge in [-0.15, -0.1) is 0 Å². The predicted molar refractivity (Wildman–Crippen MR) is 110 cm³/mol. The molecule has 2 aromatic carbocycles. The van der Waals surface area contributed by atoms with E-state index >= 15 is 0 Å². The summed E-state index contributed by atoms with van der Waals surface area (Å²) in [5.41, 5.74) is 2.34. The third-order valence-electron chi connectivity index (χ3n) is 4.70. The molecule has 0 bridgehead atoms. The van der Waals surface area contributed by atoms with Gasteiger partial charge in [-0.05, 0) is 61.2 Å². The van der Waals surface area contributed by atoms with Gasteiger partial charge in [0.2, 0.25) is 5.95 Å². The van der Waals surface area contributed by atoms with E-state index in [9.17, 15) is 21.6 Å². The van der Waals surface area contributed by atoms with Crippen molar-refractivity contribution in [3.8, 4) is 0 Å². The monoisotopic (exact) mass is 454 g/mol. The third-order valence-corrected chi connectivity index (χ3v) is 6.96. The zero-order valence-corrected chi connectivity index (χ0v) is 18.0. The highest BCUT2D eigenvalue weighted by Gasteiger charge is 2.33. The number of aromatic nitrogens is 1. The molecule has 0 amide bonds. The number of benzene rings is 2. The molecule has 0 aliphatic rings. The fourth-order valence-corrected chi connectivity index (χ4v) is 4.90. The SMILES string of the molecule is Cc1ccc(CN(c2cccc(F)n2)S(=O)(=O)c2c(C)cc(F)c(Cl)c2F)cc1C. The Hall–Kier alpha value is -2.58. The lowest BCUT2D eigenvalue weighted by atomic mass is 10.1. The summed E-state index contributed by atoms with van der Waals surface area (Å²) in [5.74, 6) is -3.62.